The predicted octanol–water partition coefficient (Wildman–Crippen LogP) is 11.9. The molecule has 0 saturated carbocycles. The molecule has 0 aliphatic carbocycles. The maximum atomic E-state index is 12.7. The highest BCUT2D eigenvalue weighted by molar-refractivity contribution is 7.47. The number of rotatable bonds is 38. The van der Waals surface area contributed by atoms with Crippen LogP contribution in [0.1, 0.15) is 168 Å². The zero-order valence-electron chi connectivity index (χ0n) is 35.2. The van der Waals surface area contributed by atoms with Gasteiger partial charge in [-0.05, 0) is 51.4 Å². The molecule has 0 amide bonds. The van der Waals surface area contributed by atoms with Crippen molar-refractivity contribution < 1.29 is 42.1 Å². The van der Waals surface area contributed by atoms with Crippen molar-refractivity contribution in [3.63, 3.8) is 0 Å². The second-order valence-electron chi connectivity index (χ2n) is 15.4. The first-order chi connectivity index (χ1) is 26.0. The summed E-state index contributed by atoms with van der Waals surface area (Å²) in [5.74, 6) is -0.826. The first-order valence-electron chi connectivity index (χ1n) is 21.4. The van der Waals surface area contributed by atoms with Crippen LogP contribution in [0.2, 0.25) is 0 Å². The molecule has 1 unspecified atom stereocenters. The van der Waals surface area contributed by atoms with Gasteiger partial charge in [-0.3, -0.25) is 18.6 Å². The number of hydrogen-bond donors (Lipinski definition) is 1. The number of esters is 2. The van der Waals surface area contributed by atoms with E-state index in [9.17, 15) is 19.0 Å². The molecule has 0 aliphatic heterocycles. The fourth-order valence-corrected chi connectivity index (χ4v) is 6.27. The number of carbonyl (C=O) groups is 2. The predicted molar refractivity (Wildman–Crippen MR) is 224 cm³/mol. The van der Waals surface area contributed by atoms with Crippen molar-refractivity contribution in [1.82, 2.24) is 0 Å². The summed E-state index contributed by atoms with van der Waals surface area (Å²) < 4.78 is 34.2. The van der Waals surface area contributed by atoms with Gasteiger partial charge in [0, 0.05) is 12.8 Å². The lowest BCUT2D eigenvalue weighted by Crippen LogP contribution is -2.37. The summed E-state index contributed by atoms with van der Waals surface area (Å²) in [4.78, 5) is 35.3. The molecule has 0 spiro atoms. The van der Waals surface area contributed by atoms with E-state index in [1.54, 1.807) is 0 Å². The Kier molecular flexibility index (Phi) is 35.2. The van der Waals surface area contributed by atoms with Crippen molar-refractivity contribution in [2.45, 2.75) is 174 Å². The summed E-state index contributed by atoms with van der Waals surface area (Å²) in [5, 5.41) is 0. The quantitative estimate of drug-likeness (QED) is 0.0217. The third-order valence-corrected chi connectivity index (χ3v) is 9.86. The minimum atomic E-state index is -4.38. The topological polar surface area (TPSA) is 108 Å². The van der Waals surface area contributed by atoms with E-state index in [4.69, 9.17) is 18.5 Å². The largest absolute Gasteiger partial charge is 0.472 e. The van der Waals surface area contributed by atoms with E-state index in [-0.39, 0.29) is 26.1 Å². The fraction of sp³-hybridized carbons (Fsp3) is 0.773. The molecule has 0 saturated heterocycles. The molecular weight excluding hydrogens is 701 g/mol. The van der Waals surface area contributed by atoms with Gasteiger partial charge in [-0.1, -0.05) is 152 Å². The Labute approximate surface area is 331 Å². The van der Waals surface area contributed by atoms with Gasteiger partial charge in [0.05, 0.1) is 27.7 Å². The number of likely N-dealkylation sites (N-methyl/N-ethyl adjacent to an activating group) is 1. The number of phosphoric acid groups is 1. The summed E-state index contributed by atoms with van der Waals surface area (Å²) in [6.45, 7) is 4.27. The zero-order chi connectivity index (χ0) is 40.0. The van der Waals surface area contributed by atoms with Crippen LogP contribution in [0.25, 0.3) is 0 Å². The van der Waals surface area contributed by atoms with E-state index in [2.05, 4.69) is 62.5 Å². The Morgan fingerprint density at radius 2 is 1.06 bits per heavy atom. The van der Waals surface area contributed by atoms with Crippen LogP contribution in [0, 0.1) is 0 Å². The average Bonchev–Trinajstić information content (AvgIpc) is 3.12. The van der Waals surface area contributed by atoms with E-state index in [1.165, 1.54) is 64.2 Å². The van der Waals surface area contributed by atoms with Gasteiger partial charge in [-0.25, -0.2) is 4.57 Å². The van der Waals surface area contributed by atoms with Crippen LogP contribution in [-0.4, -0.2) is 74.9 Å². The van der Waals surface area contributed by atoms with Crippen molar-refractivity contribution >= 4 is 19.8 Å². The van der Waals surface area contributed by atoms with Crippen molar-refractivity contribution in [1.29, 1.82) is 0 Å². The van der Waals surface area contributed by atoms with Crippen LogP contribution < -0.4 is 0 Å². The molecular formula is C44H81NO8P+. The van der Waals surface area contributed by atoms with E-state index in [0.717, 1.165) is 64.2 Å². The zero-order valence-corrected chi connectivity index (χ0v) is 36.1. The van der Waals surface area contributed by atoms with Gasteiger partial charge in [0.25, 0.3) is 0 Å². The van der Waals surface area contributed by atoms with Gasteiger partial charge in [-0.2, -0.15) is 0 Å². The lowest BCUT2D eigenvalue weighted by Gasteiger charge is -2.24. The van der Waals surface area contributed by atoms with Crippen molar-refractivity contribution in [3.8, 4) is 0 Å². The maximum absolute atomic E-state index is 12.7. The smallest absolute Gasteiger partial charge is 0.462 e. The summed E-state index contributed by atoms with van der Waals surface area (Å²) in [6, 6.07) is 0. The molecule has 0 heterocycles. The Balaban J connectivity index is 4.41. The van der Waals surface area contributed by atoms with Crippen LogP contribution in [0.15, 0.2) is 48.6 Å². The highest BCUT2D eigenvalue weighted by Gasteiger charge is 2.27. The average molecular weight is 783 g/mol. The number of phosphoric ester groups is 1. The normalized spacial score (nSPS) is 14.1. The summed E-state index contributed by atoms with van der Waals surface area (Å²) in [5.41, 5.74) is 0. The molecule has 0 aliphatic rings. The highest BCUT2D eigenvalue weighted by Crippen LogP contribution is 2.43. The maximum Gasteiger partial charge on any atom is 0.472 e. The molecule has 0 aromatic heterocycles. The standard InChI is InChI=1S/C44H80NO8P/c1-6-8-10-12-14-16-18-20-21-22-23-25-26-28-30-32-34-36-43(46)50-40-42(41-52-54(48,49)51-39-38-45(3,4)5)53-44(47)37-35-33-31-29-27-24-19-17-15-13-11-9-7-2/h8,10,14,16,20-21,23,25,42H,6-7,9,11-13,15,17-19,22,24,26-41H2,1-5H3/p+1/b10-8-,16-14-,21-20-,25-23-/t42-/m1/s1. The van der Waals surface area contributed by atoms with E-state index in [0.29, 0.717) is 23.9 Å². The molecule has 10 heteroatoms. The number of quaternary nitrogens is 1. The molecule has 0 bridgehead atoms. The van der Waals surface area contributed by atoms with Crippen LogP contribution in [-0.2, 0) is 32.7 Å². The molecule has 0 fully saturated rings. The number of nitrogens with zero attached hydrogens (tertiary/aromatic N) is 1. The molecule has 2 atom stereocenters. The summed E-state index contributed by atoms with van der Waals surface area (Å²) in [6.07, 6.45) is 41.5. The molecule has 9 nitrogen and oxygen atoms in total. The summed E-state index contributed by atoms with van der Waals surface area (Å²) in [7, 11) is 1.46. The van der Waals surface area contributed by atoms with Gasteiger partial charge in [0.15, 0.2) is 6.10 Å². The van der Waals surface area contributed by atoms with Crippen molar-refractivity contribution in [3.05, 3.63) is 48.6 Å². The van der Waals surface area contributed by atoms with Gasteiger partial charge >= 0.3 is 19.8 Å². The molecule has 0 aromatic carbocycles. The van der Waals surface area contributed by atoms with Gasteiger partial charge in [0.2, 0.25) is 0 Å². The lowest BCUT2D eigenvalue weighted by atomic mass is 10.0. The van der Waals surface area contributed by atoms with Crippen LogP contribution in [0.5, 0.6) is 0 Å². The third kappa shape index (κ3) is 39.7. The molecule has 0 aromatic rings. The Morgan fingerprint density at radius 1 is 0.593 bits per heavy atom. The number of unbranched alkanes of at least 4 members (excludes halogenated alkanes) is 16. The minimum absolute atomic E-state index is 0.0270. The van der Waals surface area contributed by atoms with Crippen LogP contribution in [0.4, 0.5) is 0 Å². The number of ether oxygens (including phenoxy) is 2. The third-order valence-electron chi connectivity index (χ3n) is 8.87. The SMILES string of the molecule is CC/C=C\C/C=C\C/C=C\C/C=C\CCCCCCC(=O)OC[C@H](COP(=O)(O)OCC[N+](C)(C)C)OC(=O)CCCCCCCCCCCCCCC. The van der Waals surface area contributed by atoms with Gasteiger partial charge < -0.3 is 18.9 Å². The van der Waals surface area contributed by atoms with Crippen LogP contribution >= 0.6 is 7.82 Å². The minimum Gasteiger partial charge on any atom is -0.462 e. The first kappa shape index (κ1) is 52.0. The molecule has 1 N–H and O–H groups in total. The highest BCUT2D eigenvalue weighted by atomic mass is 31.2. The Hall–Kier alpha value is -2.03. The van der Waals surface area contributed by atoms with Crippen molar-refractivity contribution in [2.24, 2.45) is 0 Å². The number of hydrogen-bond acceptors (Lipinski definition) is 7. The van der Waals surface area contributed by atoms with Gasteiger partial charge in [-0.15, -0.1) is 0 Å². The number of carbonyl (C=O) groups excluding carboxylic acids is 2. The number of allylic oxidation sites excluding steroid dienone is 8. The monoisotopic (exact) mass is 783 g/mol. The van der Waals surface area contributed by atoms with Gasteiger partial charge in [0.1, 0.15) is 19.8 Å². The molecule has 0 radical (unpaired) electrons. The Bertz CT molecular complexity index is 1070. The first-order valence-corrected chi connectivity index (χ1v) is 22.9. The summed E-state index contributed by atoms with van der Waals surface area (Å²) >= 11 is 0. The fourth-order valence-electron chi connectivity index (χ4n) is 5.53. The molecule has 0 rings (SSSR count). The molecule has 314 valence electrons. The second-order valence-corrected chi connectivity index (χ2v) is 16.8. The lowest BCUT2D eigenvalue weighted by molar-refractivity contribution is -0.870. The van der Waals surface area contributed by atoms with E-state index < -0.39 is 32.5 Å². The van der Waals surface area contributed by atoms with E-state index >= 15 is 0 Å². The van der Waals surface area contributed by atoms with Crippen LogP contribution in [0.3, 0.4) is 0 Å². The second kappa shape index (κ2) is 36.6. The van der Waals surface area contributed by atoms with E-state index in [1.807, 2.05) is 21.1 Å². The Morgan fingerprint density at radius 3 is 1.57 bits per heavy atom. The molecule has 54 heavy (non-hydrogen) atoms. The van der Waals surface area contributed by atoms with Crippen molar-refractivity contribution in [2.75, 3.05) is 47.5 Å².